The van der Waals surface area contributed by atoms with Gasteiger partial charge in [0.25, 0.3) is 0 Å². The largest absolute Gasteiger partial charge is 0.339 e. The van der Waals surface area contributed by atoms with Crippen molar-refractivity contribution in [1.82, 2.24) is 9.99 Å². The number of carbonyl (C=O) groups excluding carboxylic acids is 1. The first-order valence-electron chi connectivity index (χ1n) is 12.8. The number of nitrogens with zero attached hydrogens (tertiary/aromatic N) is 2. The Morgan fingerprint density at radius 3 is 2.11 bits per heavy atom. The Morgan fingerprint density at radius 1 is 0.684 bits per heavy atom. The molecule has 0 bridgehead atoms. The molecular formula is C34H27N3O. The average molecular weight is 494 g/mol. The van der Waals surface area contributed by atoms with Crippen LogP contribution >= 0.6 is 0 Å². The number of hydrogen-bond donors (Lipinski definition) is 1. The third-order valence-corrected chi connectivity index (χ3v) is 6.86. The maximum absolute atomic E-state index is 12.9. The molecule has 0 unspecified atom stereocenters. The van der Waals surface area contributed by atoms with Crippen molar-refractivity contribution < 1.29 is 4.79 Å². The maximum atomic E-state index is 12.9. The quantitative estimate of drug-likeness (QED) is 0.180. The number of nitrogens with one attached hydrogen (secondary N) is 1. The predicted molar refractivity (Wildman–Crippen MR) is 157 cm³/mol. The van der Waals surface area contributed by atoms with Gasteiger partial charge in [-0.3, -0.25) is 4.79 Å². The molecule has 1 amide bonds. The van der Waals surface area contributed by atoms with Crippen LogP contribution in [0.5, 0.6) is 0 Å². The molecule has 6 aromatic rings. The smallest absolute Gasteiger partial charge is 0.241 e. The fourth-order valence-electron chi connectivity index (χ4n) is 5.13. The van der Waals surface area contributed by atoms with E-state index in [0.29, 0.717) is 13.0 Å². The van der Waals surface area contributed by atoms with Gasteiger partial charge in [-0.1, -0.05) is 121 Å². The van der Waals surface area contributed by atoms with Crippen molar-refractivity contribution >= 4 is 33.8 Å². The molecule has 0 fully saturated rings. The number of amides is 1. The molecule has 0 atom stereocenters. The van der Waals surface area contributed by atoms with Gasteiger partial charge in [-0.15, -0.1) is 0 Å². The van der Waals surface area contributed by atoms with Crippen LogP contribution in [0.1, 0.15) is 12.0 Å². The van der Waals surface area contributed by atoms with E-state index < -0.39 is 0 Å². The van der Waals surface area contributed by atoms with Gasteiger partial charge in [0, 0.05) is 35.0 Å². The molecule has 0 aliphatic carbocycles. The van der Waals surface area contributed by atoms with Gasteiger partial charge in [-0.05, 0) is 28.0 Å². The number of carbonyl (C=O) groups is 1. The van der Waals surface area contributed by atoms with E-state index in [9.17, 15) is 4.79 Å². The Bertz CT molecular complexity index is 1750. The molecule has 0 spiro atoms. The number of fused-ring (bicyclic) bond motifs is 2. The highest BCUT2D eigenvalue weighted by molar-refractivity contribution is 6.04. The molecule has 0 aliphatic heterocycles. The molecule has 0 saturated heterocycles. The van der Waals surface area contributed by atoms with Gasteiger partial charge >= 0.3 is 0 Å². The Labute approximate surface area is 221 Å². The van der Waals surface area contributed by atoms with Crippen LogP contribution in [-0.4, -0.2) is 16.7 Å². The molecule has 5 aromatic carbocycles. The van der Waals surface area contributed by atoms with E-state index in [1.807, 2.05) is 36.4 Å². The van der Waals surface area contributed by atoms with Crippen LogP contribution in [-0.2, 0) is 11.3 Å². The van der Waals surface area contributed by atoms with Gasteiger partial charge in [-0.2, -0.15) is 5.10 Å². The molecule has 0 radical (unpaired) electrons. The lowest BCUT2D eigenvalue weighted by atomic mass is 9.98. The summed E-state index contributed by atoms with van der Waals surface area (Å²) in [6.45, 7) is 0.535. The zero-order valence-corrected chi connectivity index (χ0v) is 20.9. The van der Waals surface area contributed by atoms with Crippen LogP contribution in [0.2, 0.25) is 0 Å². The number of hydrazone groups is 1. The van der Waals surface area contributed by atoms with Crippen molar-refractivity contribution in [2.24, 2.45) is 5.10 Å². The lowest BCUT2D eigenvalue weighted by Crippen LogP contribution is -2.19. The zero-order chi connectivity index (χ0) is 25.7. The SMILES string of the molecule is O=C(CCn1c(-c2ccccc2)c(-c2ccccc2)c2ccccc21)N/N=C/c1cccc2ccccc12. The highest BCUT2D eigenvalue weighted by atomic mass is 16.2. The highest BCUT2D eigenvalue weighted by Gasteiger charge is 2.20. The van der Waals surface area contributed by atoms with Crippen LogP contribution in [0.4, 0.5) is 0 Å². The van der Waals surface area contributed by atoms with Crippen LogP contribution < -0.4 is 5.43 Å². The second-order valence-corrected chi connectivity index (χ2v) is 9.24. The molecule has 0 saturated carbocycles. The van der Waals surface area contributed by atoms with Crippen LogP contribution in [0, 0.1) is 0 Å². The molecule has 4 heteroatoms. The third-order valence-electron chi connectivity index (χ3n) is 6.86. The highest BCUT2D eigenvalue weighted by Crippen LogP contribution is 2.40. The van der Waals surface area contributed by atoms with Crippen molar-refractivity contribution in [1.29, 1.82) is 0 Å². The van der Waals surface area contributed by atoms with Crippen molar-refractivity contribution in [2.45, 2.75) is 13.0 Å². The summed E-state index contributed by atoms with van der Waals surface area (Å²) in [6.07, 6.45) is 2.02. The van der Waals surface area contributed by atoms with Gasteiger partial charge in [0.1, 0.15) is 0 Å². The summed E-state index contributed by atoms with van der Waals surface area (Å²) < 4.78 is 2.26. The van der Waals surface area contributed by atoms with Crippen molar-refractivity contribution in [3.05, 3.63) is 133 Å². The molecular weight excluding hydrogens is 466 g/mol. The monoisotopic (exact) mass is 493 g/mol. The topological polar surface area (TPSA) is 46.4 Å². The Balaban J connectivity index is 1.30. The first kappa shape index (κ1) is 23.4. The third kappa shape index (κ3) is 4.60. The van der Waals surface area contributed by atoms with Gasteiger partial charge in [0.05, 0.1) is 11.9 Å². The average Bonchev–Trinajstić information content (AvgIpc) is 3.31. The first-order chi connectivity index (χ1) is 18.8. The number of aryl methyl sites for hydroxylation is 1. The summed E-state index contributed by atoms with van der Waals surface area (Å²) in [4.78, 5) is 12.9. The van der Waals surface area contributed by atoms with E-state index in [0.717, 1.165) is 38.7 Å². The van der Waals surface area contributed by atoms with Crippen molar-refractivity contribution in [2.75, 3.05) is 0 Å². The van der Waals surface area contributed by atoms with Gasteiger partial charge < -0.3 is 4.57 Å². The molecule has 184 valence electrons. The second-order valence-electron chi connectivity index (χ2n) is 9.24. The van der Waals surface area contributed by atoms with Crippen molar-refractivity contribution in [3.63, 3.8) is 0 Å². The molecule has 4 nitrogen and oxygen atoms in total. The predicted octanol–water partition coefficient (Wildman–Crippen LogP) is 7.67. The summed E-state index contributed by atoms with van der Waals surface area (Å²) in [5, 5.41) is 7.69. The number of rotatable bonds is 7. The van der Waals surface area contributed by atoms with E-state index in [1.54, 1.807) is 6.21 Å². The summed E-state index contributed by atoms with van der Waals surface area (Å²) in [7, 11) is 0. The number of para-hydroxylation sites is 1. The lowest BCUT2D eigenvalue weighted by Gasteiger charge is -2.13. The van der Waals surface area contributed by atoms with E-state index >= 15 is 0 Å². The van der Waals surface area contributed by atoms with Crippen LogP contribution in [0.25, 0.3) is 44.1 Å². The number of benzene rings is 5. The second kappa shape index (κ2) is 10.6. The fourth-order valence-corrected chi connectivity index (χ4v) is 5.13. The van der Waals surface area contributed by atoms with E-state index in [1.165, 1.54) is 10.9 Å². The number of aromatic nitrogens is 1. The summed E-state index contributed by atoms with van der Waals surface area (Å²) in [5.41, 5.74) is 9.39. The molecule has 6 rings (SSSR count). The molecule has 0 aliphatic rings. The maximum Gasteiger partial charge on any atom is 0.241 e. The van der Waals surface area contributed by atoms with Crippen LogP contribution in [0.3, 0.4) is 0 Å². The molecule has 38 heavy (non-hydrogen) atoms. The summed E-state index contributed by atoms with van der Waals surface area (Å²) in [5.74, 6) is -0.125. The first-order valence-corrected chi connectivity index (χ1v) is 12.8. The van der Waals surface area contributed by atoms with Gasteiger partial charge in [-0.25, -0.2) is 5.43 Å². The standard InChI is InChI=1S/C34H27N3O/c38-32(36-35-24-28-18-11-17-25-12-7-8-19-29(25)28)22-23-37-31-21-10-9-20-30(31)33(26-13-3-1-4-14-26)34(37)27-15-5-2-6-16-27/h1-21,24H,22-23H2,(H,36,38)/b35-24+. The van der Waals surface area contributed by atoms with Gasteiger partial charge in [0.15, 0.2) is 0 Å². The lowest BCUT2D eigenvalue weighted by molar-refractivity contribution is -0.121. The Morgan fingerprint density at radius 2 is 1.32 bits per heavy atom. The van der Waals surface area contributed by atoms with Gasteiger partial charge in [0.2, 0.25) is 5.91 Å². The zero-order valence-electron chi connectivity index (χ0n) is 20.9. The minimum Gasteiger partial charge on any atom is -0.339 e. The van der Waals surface area contributed by atoms with E-state index in [4.69, 9.17) is 0 Å². The normalized spacial score (nSPS) is 11.4. The Hall–Kier alpha value is -4.96. The van der Waals surface area contributed by atoms with E-state index in [-0.39, 0.29) is 5.91 Å². The summed E-state index contributed by atoms with van der Waals surface area (Å²) in [6, 6.07) is 43.5. The molecule has 1 heterocycles. The minimum absolute atomic E-state index is 0.125. The van der Waals surface area contributed by atoms with E-state index in [2.05, 4.69) is 106 Å². The number of hydrogen-bond acceptors (Lipinski definition) is 2. The summed E-state index contributed by atoms with van der Waals surface area (Å²) >= 11 is 0. The molecule has 1 aromatic heterocycles. The van der Waals surface area contributed by atoms with Crippen molar-refractivity contribution in [3.8, 4) is 22.4 Å². The van der Waals surface area contributed by atoms with Crippen LogP contribution in [0.15, 0.2) is 132 Å². The Kier molecular flexibility index (Phi) is 6.52. The molecule has 1 N–H and O–H groups in total. The minimum atomic E-state index is -0.125. The fraction of sp³-hybridized carbons (Fsp3) is 0.0588.